The monoisotopic (exact) mass is 377 g/mol. The van der Waals surface area contributed by atoms with E-state index in [4.69, 9.17) is 4.74 Å². The van der Waals surface area contributed by atoms with Gasteiger partial charge in [-0.2, -0.15) is 0 Å². The minimum Gasteiger partial charge on any atom is -0.492 e. The van der Waals surface area contributed by atoms with E-state index in [0.717, 1.165) is 28.0 Å². The Morgan fingerprint density at radius 3 is 2.95 bits per heavy atom. The van der Waals surface area contributed by atoms with E-state index in [-0.39, 0.29) is 5.41 Å². The molecule has 1 unspecified atom stereocenters. The number of rotatable bonds is 3. The summed E-state index contributed by atoms with van der Waals surface area (Å²) in [6.07, 6.45) is 5.90. The molecule has 0 saturated heterocycles. The fraction of sp³-hybridized carbons (Fsp3) is 0.235. The molecule has 20 heavy (non-hydrogen) atoms. The average molecular weight is 377 g/mol. The van der Waals surface area contributed by atoms with Crippen molar-refractivity contribution in [3.8, 4) is 5.75 Å². The first-order valence-corrected chi connectivity index (χ1v) is 8.16. The number of aromatic nitrogens is 1. The second-order valence-corrected chi connectivity index (χ2v) is 6.09. The first-order valence-electron chi connectivity index (χ1n) is 6.64. The Morgan fingerprint density at radius 2 is 2.20 bits per heavy atom. The van der Waals surface area contributed by atoms with Crippen LogP contribution in [0.25, 0.3) is 12.2 Å². The molecule has 2 nitrogen and oxygen atoms in total. The number of fused-ring (bicyclic) bond motifs is 1. The van der Waals surface area contributed by atoms with Crippen molar-refractivity contribution in [3.05, 3.63) is 59.4 Å². The van der Waals surface area contributed by atoms with Gasteiger partial charge in [-0.3, -0.25) is 4.98 Å². The summed E-state index contributed by atoms with van der Waals surface area (Å²) in [5, 5.41) is 0. The van der Waals surface area contributed by atoms with E-state index in [1.54, 1.807) is 6.20 Å². The molecule has 0 amide bonds. The van der Waals surface area contributed by atoms with E-state index in [9.17, 15) is 0 Å². The SMILES string of the molecule is CC1(CI)COc2cc(/C=C/c3ccccn3)ccc21. The Labute approximate surface area is 133 Å². The normalized spacial score (nSPS) is 20.9. The molecule has 1 aromatic carbocycles. The Kier molecular flexibility index (Phi) is 3.78. The van der Waals surface area contributed by atoms with E-state index in [1.165, 1.54) is 5.56 Å². The zero-order valence-electron chi connectivity index (χ0n) is 11.3. The number of ether oxygens (including phenoxy) is 1. The molecular weight excluding hydrogens is 361 g/mol. The standard InChI is InChI=1S/C17H16INO/c1-17(11-18)12-20-16-10-13(6-8-15(16)17)5-7-14-4-2-3-9-19-14/h2-10H,11-12H2,1H3/b7-5+. The maximum atomic E-state index is 5.84. The third-order valence-corrected chi connectivity index (χ3v) is 5.31. The molecule has 0 N–H and O–H groups in total. The van der Waals surface area contributed by atoms with Crippen LogP contribution in [0.1, 0.15) is 23.7 Å². The Bertz CT molecular complexity index is 639. The van der Waals surface area contributed by atoms with Crippen molar-refractivity contribution in [3.63, 3.8) is 0 Å². The lowest BCUT2D eigenvalue weighted by Crippen LogP contribution is -2.25. The quantitative estimate of drug-likeness (QED) is 0.587. The second-order valence-electron chi connectivity index (χ2n) is 5.33. The Balaban J connectivity index is 1.86. The van der Waals surface area contributed by atoms with Gasteiger partial charge < -0.3 is 4.74 Å². The van der Waals surface area contributed by atoms with Crippen LogP contribution in [0.2, 0.25) is 0 Å². The maximum absolute atomic E-state index is 5.84. The molecule has 2 aromatic rings. The van der Waals surface area contributed by atoms with Gasteiger partial charge in [0.15, 0.2) is 0 Å². The molecule has 2 heterocycles. The first-order chi connectivity index (χ1) is 9.71. The molecule has 1 aliphatic heterocycles. The number of hydrogen-bond donors (Lipinski definition) is 0. The number of pyridine rings is 1. The van der Waals surface area contributed by atoms with Gasteiger partial charge in [0.1, 0.15) is 5.75 Å². The van der Waals surface area contributed by atoms with Crippen LogP contribution in [0, 0.1) is 0 Å². The highest BCUT2D eigenvalue weighted by atomic mass is 127. The molecule has 1 atom stereocenters. The van der Waals surface area contributed by atoms with E-state index < -0.39 is 0 Å². The van der Waals surface area contributed by atoms with Crippen molar-refractivity contribution in [2.45, 2.75) is 12.3 Å². The zero-order valence-corrected chi connectivity index (χ0v) is 13.5. The predicted octanol–water partition coefficient (Wildman–Crippen LogP) is 4.34. The molecule has 0 radical (unpaired) electrons. The summed E-state index contributed by atoms with van der Waals surface area (Å²) in [5.74, 6) is 1.02. The second kappa shape index (κ2) is 5.56. The molecule has 0 spiro atoms. The third-order valence-electron chi connectivity index (χ3n) is 3.63. The number of halogens is 1. The van der Waals surface area contributed by atoms with Crippen molar-refractivity contribution in [1.29, 1.82) is 0 Å². The third kappa shape index (κ3) is 2.59. The topological polar surface area (TPSA) is 22.1 Å². The summed E-state index contributed by atoms with van der Waals surface area (Å²) in [4.78, 5) is 4.28. The van der Waals surface area contributed by atoms with Gasteiger partial charge in [-0.1, -0.05) is 53.8 Å². The minimum atomic E-state index is 0.152. The van der Waals surface area contributed by atoms with Crippen molar-refractivity contribution >= 4 is 34.7 Å². The molecule has 3 heteroatoms. The predicted molar refractivity (Wildman–Crippen MR) is 91.3 cm³/mol. The summed E-state index contributed by atoms with van der Waals surface area (Å²) in [6, 6.07) is 12.4. The van der Waals surface area contributed by atoms with E-state index >= 15 is 0 Å². The lowest BCUT2D eigenvalue weighted by molar-refractivity contribution is 0.295. The summed E-state index contributed by atoms with van der Waals surface area (Å²) in [6.45, 7) is 3.04. The van der Waals surface area contributed by atoms with Crippen LogP contribution in [-0.4, -0.2) is 16.0 Å². The molecular formula is C17H16INO. The van der Waals surface area contributed by atoms with Crippen LogP contribution >= 0.6 is 22.6 Å². The maximum Gasteiger partial charge on any atom is 0.123 e. The fourth-order valence-corrected chi connectivity index (χ4v) is 2.97. The van der Waals surface area contributed by atoms with Crippen LogP contribution < -0.4 is 4.74 Å². The molecule has 0 fully saturated rings. The van der Waals surface area contributed by atoms with Crippen LogP contribution in [0.4, 0.5) is 0 Å². The fourth-order valence-electron chi connectivity index (χ4n) is 2.34. The van der Waals surface area contributed by atoms with Crippen molar-refractivity contribution < 1.29 is 4.74 Å². The lowest BCUT2D eigenvalue weighted by Gasteiger charge is -2.18. The van der Waals surface area contributed by atoms with Crippen LogP contribution in [-0.2, 0) is 5.41 Å². The Morgan fingerprint density at radius 1 is 1.30 bits per heavy atom. The highest BCUT2D eigenvalue weighted by Gasteiger charge is 2.35. The number of alkyl halides is 1. The van der Waals surface area contributed by atoms with Gasteiger partial charge in [-0.25, -0.2) is 0 Å². The molecule has 3 rings (SSSR count). The van der Waals surface area contributed by atoms with E-state index in [0.29, 0.717) is 0 Å². The van der Waals surface area contributed by atoms with E-state index in [2.05, 4.69) is 58.8 Å². The van der Waals surface area contributed by atoms with E-state index in [1.807, 2.05) is 24.3 Å². The molecule has 0 aliphatic carbocycles. The molecule has 0 saturated carbocycles. The van der Waals surface area contributed by atoms with Gasteiger partial charge in [0.25, 0.3) is 0 Å². The van der Waals surface area contributed by atoms with Crippen LogP contribution in [0.15, 0.2) is 42.6 Å². The van der Waals surface area contributed by atoms with Gasteiger partial charge in [-0.15, -0.1) is 0 Å². The van der Waals surface area contributed by atoms with Gasteiger partial charge in [0, 0.05) is 21.6 Å². The number of nitrogens with zero attached hydrogens (tertiary/aromatic N) is 1. The molecule has 0 bridgehead atoms. The van der Waals surface area contributed by atoms with Crippen LogP contribution in [0.3, 0.4) is 0 Å². The summed E-state index contributed by atoms with van der Waals surface area (Å²) in [5.41, 5.74) is 3.58. The first kappa shape index (κ1) is 13.6. The number of benzene rings is 1. The largest absolute Gasteiger partial charge is 0.492 e. The minimum absolute atomic E-state index is 0.152. The Hall–Kier alpha value is -1.36. The average Bonchev–Trinajstić information content (AvgIpc) is 2.84. The number of hydrogen-bond acceptors (Lipinski definition) is 2. The molecule has 1 aromatic heterocycles. The lowest BCUT2D eigenvalue weighted by atomic mass is 9.86. The summed E-state index contributed by atoms with van der Waals surface area (Å²) >= 11 is 2.43. The summed E-state index contributed by atoms with van der Waals surface area (Å²) in [7, 11) is 0. The van der Waals surface area contributed by atoms with Crippen LogP contribution in [0.5, 0.6) is 5.75 Å². The smallest absolute Gasteiger partial charge is 0.123 e. The van der Waals surface area contributed by atoms with Crippen molar-refractivity contribution in [2.75, 3.05) is 11.0 Å². The van der Waals surface area contributed by atoms with Gasteiger partial charge in [0.2, 0.25) is 0 Å². The molecule has 102 valence electrons. The van der Waals surface area contributed by atoms with Gasteiger partial charge in [-0.05, 0) is 29.8 Å². The molecule has 1 aliphatic rings. The highest BCUT2D eigenvalue weighted by Crippen LogP contribution is 2.40. The van der Waals surface area contributed by atoms with Crippen molar-refractivity contribution in [1.82, 2.24) is 4.98 Å². The van der Waals surface area contributed by atoms with Gasteiger partial charge >= 0.3 is 0 Å². The van der Waals surface area contributed by atoms with Gasteiger partial charge in [0.05, 0.1) is 12.3 Å². The zero-order chi connectivity index (χ0) is 14.0. The van der Waals surface area contributed by atoms with Crippen molar-refractivity contribution in [2.24, 2.45) is 0 Å². The highest BCUT2D eigenvalue weighted by molar-refractivity contribution is 14.1. The summed E-state index contributed by atoms with van der Waals surface area (Å²) < 4.78 is 6.91.